The maximum atomic E-state index is 12.9. The molecule has 4 nitrogen and oxygen atoms in total. The molecule has 1 amide bonds. The lowest BCUT2D eigenvalue weighted by atomic mass is 10.1. The summed E-state index contributed by atoms with van der Waals surface area (Å²) in [5.74, 6) is -0.875. The standard InChI is InChI=1S/C17H17F3N2O2/c1-11(13-7-9-21-10-8-13)22-16(23)12(2)24-15-6-4-3-5-14(15)17(18,19)20/h3-12H,1-2H3,(H,22,23)/t11-,12+/m0/s1. The molecule has 24 heavy (non-hydrogen) atoms. The lowest BCUT2D eigenvalue weighted by molar-refractivity contribution is -0.140. The van der Waals surface area contributed by atoms with Gasteiger partial charge < -0.3 is 10.1 Å². The Hall–Kier alpha value is -2.57. The van der Waals surface area contributed by atoms with Crippen molar-refractivity contribution in [2.45, 2.75) is 32.2 Å². The van der Waals surface area contributed by atoms with Gasteiger partial charge in [-0.25, -0.2) is 0 Å². The summed E-state index contributed by atoms with van der Waals surface area (Å²) in [6.45, 7) is 3.17. The number of halogens is 3. The van der Waals surface area contributed by atoms with E-state index in [0.29, 0.717) is 0 Å². The van der Waals surface area contributed by atoms with Crippen LogP contribution in [0.3, 0.4) is 0 Å². The van der Waals surface area contributed by atoms with Crippen LogP contribution < -0.4 is 10.1 Å². The molecule has 0 aliphatic carbocycles. The average Bonchev–Trinajstić information content (AvgIpc) is 2.55. The molecule has 0 saturated carbocycles. The number of amides is 1. The molecule has 2 aromatic rings. The number of rotatable bonds is 5. The first-order valence-electron chi connectivity index (χ1n) is 7.32. The van der Waals surface area contributed by atoms with Gasteiger partial charge in [0.05, 0.1) is 11.6 Å². The molecule has 1 heterocycles. The Kier molecular flexibility index (Phi) is 5.43. The predicted molar refractivity (Wildman–Crippen MR) is 82.3 cm³/mol. The maximum absolute atomic E-state index is 12.9. The van der Waals surface area contributed by atoms with Gasteiger partial charge in [-0.2, -0.15) is 13.2 Å². The molecule has 2 atom stereocenters. The van der Waals surface area contributed by atoms with Crippen molar-refractivity contribution >= 4 is 5.91 Å². The summed E-state index contributed by atoms with van der Waals surface area (Å²) in [5.41, 5.74) is -0.0759. The van der Waals surface area contributed by atoms with Gasteiger partial charge in [0.1, 0.15) is 5.75 Å². The first kappa shape index (κ1) is 17.8. The van der Waals surface area contributed by atoms with E-state index in [2.05, 4.69) is 10.3 Å². The van der Waals surface area contributed by atoms with Crippen LogP contribution in [0.15, 0.2) is 48.8 Å². The third-order valence-corrected chi connectivity index (χ3v) is 3.43. The maximum Gasteiger partial charge on any atom is 0.419 e. The first-order valence-corrected chi connectivity index (χ1v) is 7.32. The highest BCUT2D eigenvalue weighted by Crippen LogP contribution is 2.36. The Labute approximate surface area is 137 Å². The van der Waals surface area contributed by atoms with Crippen molar-refractivity contribution in [3.63, 3.8) is 0 Å². The number of nitrogens with one attached hydrogen (secondary N) is 1. The monoisotopic (exact) mass is 338 g/mol. The van der Waals surface area contributed by atoms with E-state index in [1.165, 1.54) is 25.1 Å². The molecular weight excluding hydrogens is 321 g/mol. The zero-order valence-corrected chi connectivity index (χ0v) is 13.2. The van der Waals surface area contributed by atoms with Gasteiger partial charge in [-0.3, -0.25) is 9.78 Å². The average molecular weight is 338 g/mol. The van der Waals surface area contributed by atoms with Crippen molar-refractivity contribution in [2.75, 3.05) is 0 Å². The molecule has 1 N–H and O–H groups in total. The molecule has 2 rings (SSSR count). The van der Waals surface area contributed by atoms with Crippen molar-refractivity contribution < 1.29 is 22.7 Å². The normalized spacial score (nSPS) is 13.9. The highest BCUT2D eigenvalue weighted by Gasteiger charge is 2.34. The Bertz CT molecular complexity index is 690. The van der Waals surface area contributed by atoms with Crippen molar-refractivity contribution in [1.82, 2.24) is 10.3 Å². The summed E-state index contributed by atoms with van der Waals surface area (Å²) in [6.07, 6.45) is -2.43. The second kappa shape index (κ2) is 7.33. The number of benzene rings is 1. The van der Waals surface area contributed by atoms with Gasteiger partial charge in [0, 0.05) is 12.4 Å². The van der Waals surface area contributed by atoms with E-state index < -0.39 is 23.8 Å². The van der Waals surface area contributed by atoms with Crippen molar-refractivity contribution in [2.24, 2.45) is 0 Å². The number of alkyl halides is 3. The van der Waals surface area contributed by atoms with Crippen LogP contribution in [0.4, 0.5) is 13.2 Å². The topological polar surface area (TPSA) is 51.2 Å². The second-order valence-electron chi connectivity index (χ2n) is 5.26. The fourth-order valence-corrected chi connectivity index (χ4v) is 2.11. The number of aromatic nitrogens is 1. The molecule has 0 fully saturated rings. The van der Waals surface area contributed by atoms with E-state index in [4.69, 9.17) is 4.74 Å². The molecule has 0 saturated heterocycles. The summed E-state index contributed by atoms with van der Waals surface area (Å²) in [5, 5.41) is 2.70. The van der Waals surface area contributed by atoms with Crippen LogP contribution in [0.2, 0.25) is 0 Å². The van der Waals surface area contributed by atoms with Crippen molar-refractivity contribution in [3.8, 4) is 5.75 Å². The Morgan fingerprint density at radius 3 is 2.38 bits per heavy atom. The van der Waals surface area contributed by atoms with Crippen LogP contribution in [0.1, 0.15) is 31.0 Å². The summed E-state index contributed by atoms with van der Waals surface area (Å²) >= 11 is 0. The minimum absolute atomic E-state index is 0.315. The SMILES string of the molecule is C[C@H](NC(=O)[C@@H](C)Oc1ccccc1C(F)(F)F)c1ccncc1. The molecule has 128 valence electrons. The number of hydrogen-bond donors (Lipinski definition) is 1. The van der Waals surface area contributed by atoms with E-state index in [1.807, 2.05) is 0 Å². The lowest BCUT2D eigenvalue weighted by Crippen LogP contribution is -2.38. The van der Waals surface area contributed by atoms with Crippen molar-refractivity contribution in [3.05, 3.63) is 59.9 Å². The molecule has 0 aliphatic heterocycles. The third kappa shape index (κ3) is 4.47. The third-order valence-electron chi connectivity index (χ3n) is 3.43. The molecule has 1 aromatic carbocycles. The van der Waals surface area contributed by atoms with Gasteiger partial charge in [-0.1, -0.05) is 12.1 Å². The highest BCUT2D eigenvalue weighted by molar-refractivity contribution is 5.81. The Morgan fingerprint density at radius 2 is 1.75 bits per heavy atom. The number of pyridine rings is 1. The summed E-state index contributed by atoms with van der Waals surface area (Å²) in [6, 6.07) is 7.98. The molecule has 0 spiro atoms. The van der Waals surface area contributed by atoms with E-state index in [9.17, 15) is 18.0 Å². The Morgan fingerprint density at radius 1 is 1.12 bits per heavy atom. The van der Waals surface area contributed by atoms with Crippen LogP contribution in [0, 0.1) is 0 Å². The predicted octanol–water partition coefficient (Wildman–Crippen LogP) is 3.75. The van der Waals surface area contributed by atoms with Gasteiger partial charge in [0.15, 0.2) is 6.10 Å². The zero-order chi connectivity index (χ0) is 17.7. The molecule has 1 aromatic heterocycles. The van der Waals surface area contributed by atoms with Crippen LogP contribution >= 0.6 is 0 Å². The number of ether oxygens (including phenoxy) is 1. The number of hydrogen-bond acceptors (Lipinski definition) is 3. The van der Waals surface area contributed by atoms with Crippen LogP contribution in [0.5, 0.6) is 5.75 Å². The van der Waals surface area contributed by atoms with Gasteiger partial charge in [0.25, 0.3) is 5.91 Å². The molecule has 7 heteroatoms. The van der Waals surface area contributed by atoms with E-state index in [-0.39, 0.29) is 11.8 Å². The van der Waals surface area contributed by atoms with Gasteiger partial charge >= 0.3 is 6.18 Å². The number of nitrogens with zero attached hydrogens (tertiary/aromatic N) is 1. The van der Waals surface area contributed by atoms with Gasteiger partial charge in [-0.05, 0) is 43.7 Å². The zero-order valence-electron chi connectivity index (χ0n) is 13.2. The van der Waals surface area contributed by atoms with E-state index in [0.717, 1.165) is 11.6 Å². The minimum atomic E-state index is -4.54. The molecule has 0 radical (unpaired) electrons. The smallest absolute Gasteiger partial charge is 0.419 e. The number of carbonyl (C=O) groups excluding carboxylic acids is 1. The summed E-state index contributed by atoms with van der Waals surface area (Å²) < 4.78 is 44.1. The number of para-hydroxylation sites is 1. The van der Waals surface area contributed by atoms with Crippen molar-refractivity contribution in [1.29, 1.82) is 0 Å². The molecule has 0 unspecified atom stereocenters. The highest BCUT2D eigenvalue weighted by atomic mass is 19.4. The molecule has 0 bridgehead atoms. The largest absolute Gasteiger partial charge is 0.480 e. The fraction of sp³-hybridized carbons (Fsp3) is 0.294. The lowest BCUT2D eigenvalue weighted by Gasteiger charge is -2.20. The van der Waals surface area contributed by atoms with Crippen LogP contribution in [-0.2, 0) is 11.0 Å². The van der Waals surface area contributed by atoms with Gasteiger partial charge in [0.2, 0.25) is 0 Å². The summed E-state index contributed by atoms with van der Waals surface area (Å²) in [7, 11) is 0. The van der Waals surface area contributed by atoms with E-state index >= 15 is 0 Å². The second-order valence-corrected chi connectivity index (χ2v) is 5.26. The fourth-order valence-electron chi connectivity index (χ4n) is 2.11. The minimum Gasteiger partial charge on any atom is -0.480 e. The molecule has 0 aliphatic rings. The molecular formula is C17H17F3N2O2. The quantitative estimate of drug-likeness (QED) is 0.903. The first-order chi connectivity index (χ1) is 11.3. The van der Waals surface area contributed by atoms with Crippen LogP contribution in [-0.4, -0.2) is 17.0 Å². The summed E-state index contributed by atoms with van der Waals surface area (Å²) in [4.78, 5) is 16.0. The van der Waals surface area contributed by atoms with Gasteiger partial charge in [-0.15, -0.1) is 0 Å². The van der Waals surface area contributed by atoms with E-state index in [1.54, 1.807) is 31.5 Å². The van der Waals surface area contributed by atoms with Crippen LogP contribution in [0.25, 0.3) is 0 Å². The number of carbonyl (C=O) groups is 1. The Balaban J connectivity index is 2.05.